The Bertz CT molecular complexity index is 775. The minimum Gasteiger partial charge on any atom is -0.370 e. The Kier molecular flexibility index (Phi) is 5.86. The number of benzene rings is 1. The van der Waals surface area contributed by atoms with Crippen LogP contribution >= 0.6 is 0 Å². The van der Waals surface area contributed by atoms with Gasteiger partial charge in [-0.05, 0) is 55.7 Å². The number of piperidine rings is 1. The van der Waals surface area contributed by atoms with Crippen molar-refractivity contribution in [2.75, 3.05) is 44.2 Å². The molecular formula is C22H27FN4O. The minimum absolute atomic E-state index is 0.110. The van der Waals surface area contributed by atoms with Crippen LogP contribution in [-0.4, -0.2) is 66.0 Å². The molecule has 2 aliphatic heterocycles. The van der Waals surface area contributed by atoms with Crippen LogP contribution in [0, 0.1) is 5.82 Å². The van der Waals surface area contributed by atoms with Crippen molar-refractivity contribution >= 4 is 11.6 Å². The molecule has 0 bridgehead atoms. The first kappa shape index (κ1) is 18.9. The van der Waals surface area contributed by atoms with Gasteiger partial charge in [0.05, 0.1) is 0 Å². The number of nitrogens with zero attached hydrogens (tertiary/aromatic N) is 4. The van der Waals surface area contributed by atoms with E-state index in [1.54, 1.807) is 24.5 Å². The number of carbonyl (C=O) groups excluding carboxylic acids is 1. The fourth-order valence-corrected chi connectivity index (χ4v) is 4.32. The normalized spacial score (nSPS) is 19.5. The number of rotatable bonds is 3. The second kappa shape index (κ2) is 8.69. The van der Waals surface area contributed by atoms with Gasteiger partial charge < -0.3 is 9.80 Å². The molecule has 2 aliphatic rings. The Hall–Kier alpha value is -2.47. The maximum atomic E-state index is 13.2. The first-order valence-electron chi connectivity index (χ1n) is 10.1. The molecule has 0 spiro atoms. The van der Waals surface area contributed by atoms with E-state index in [2.05, 4.69) is 14.8 Å². The summed E-state index contributed by atoms with van der Waals surface area (Å²) in [6.07, 6.45) is 6.49. The number of pyridine rings is 1. The topological polar surface area (TPSA) is 39.7 Å². The molecule has 1 aromatic carbocycles. The Morgan fingerprint density at radius 2 is 1.61 bits per heavy atom. The Balaban J connectivity index is 1.30. The molecule has 0 atom stereocenters. The van der Waals surface area contributed by atoms with Gasteiger partial charge in [0, 0.05) is 69.0 Å². The summed E-state index contributed by atoms with van der Waals surface area (Å²) in [4.78, 5) is 23.5. The molecule has 4 rings (SSSR count). The van der Waals surface area contributed by atoms with Crippen LogP contribution in [0.25, 0.3) is 0 Å². The number of amides is 1. The van der Waals surface area contributed by atoms with Crippen LogP contribution in [0.2, 0.25) is 0 Å². The average molecular weight is 382 g/mol. The summed E-state index contributed by atoms with van der Waals surface area (Å²) in [5.74, 6) is -0.0764. The molecule has 6 heteroatoms. The highest BCUT2D eigenvalue weighted by molar-refractivity contribution is 5.94. The van der Waals surface area contributed by atoms with Crippen LogP contribution in [0.3, 0.4) is 0 Å². The maximum absolute atomic E-state index is 13.2. The van der Waals surface area contributed by atoms with Crippen LogP contribution in [0.4, 0.5) is 10.1 Å². The number of hydrogen-bond donors (Lipinski definition) is 0. The Morgan fingerprint density at radius 3 is 2.32 bits per heavy atom. The highest BCUT2D eigenvalue weighted by Gasteiger charge is 2.28. The maximum Gasteiger partial charge on any atom is 0.253 e. The van der Waals surface area contributed by atoms with Gasteiger partial charge in [0.2, 0.25) is 0 Å². The second-order valence-corrected chi connectivity index (χ2v) is 7.61. The molecule has 2 aromatic rings. The highest BCUT2D eigenvalue weighted by Crippen LogP contribution is 2.22. The summed E-state index contributed by atoms with van der Waals surface area (Å²) in [5.41, 5.74) is 1.82. The number of aromatic nitrogens is 1. The fourth-order valence-electron chi connectivity index (χ4n) is 4.32. The smallest absolute Gasteiger partial charge is 0.253 e. The molecule has 0 saturated carbocycles. The van der Waals surface area contributed by atoms with Gasteiger partial charge in [0.25, 0.3) is 5.91 Å². The summed E-state index contributed by atoms with van der Waals surface area (Å²) < 4.78 is 13.2. The minimum atomic E-state index is -0.187. The monoisotopic (exact) mass is 382 g/mol. The van der Waals surface area contributed by atoms with Gasteiger partial charge in [-0.2, -0.15) is 0 Å². The first-order valence-corrected chi connectivity index (χ1v) is 10.1. The van der Waals surface area contributed by atoms with Crippen molar-refractivity contribution < 1.29 is 9.18 Å². The van der Waals surface area contributed by atoms with Gasteiger partial charge in [0.1, 0.15) is 5.82 Å². The molecule has 0 unspecified atom stereocenters. The summed E-state index contributed by atoms with van der Waals surface area (Å²) in [6.45, 7) is 5.68. The van der Waals surface area contributed by atoms with Gasteiger partial charge in [-0.25, -0.2) is 4.39 Å². The fraction of sp³-hybridized carbons (Fsp3) is 0.455. The van der Waals surface area contributed by atoms with Crippen molar-refractivity contribution in [1.29, 1.82) is 0 Å². The summed E-state index contributed by atoms with van der Waals surface area (Å²) in [5, 5.41) is 0. The van der Waals surface area contributed by atoms with E-state index in [1.165, 1.54) is 12.1 Å². The van der Waals surface area contributed by atoms with Gasteiger partial charge >= 0.3 is 0 Å². The van der Waals surface area contributed by atoms with E-state index in [1.807, 2.05) is 17.0 Å². The SMILES string of the molecule is O=C(c1ccncc1)N1CCC(N2CCCN(c3ccc(F)cc3)CC2)CC1. The van der Waals surface area contributed by atoms with Crippen LogP contribution in [0.5, 0.6) is 0 Å². The molecule has 1 amide bonds. The number of carbonyl (C=O) groups is 1. The molecule has 0 radical (unpaired) electrons. The standard InChI is InChI=1S/C22H27FN4O/c23-19-2-4-20(5-3-19)25-12-1-13-26(17-16-25)21-8-14-27(15-9-21)22(28)18-6-10-24-11-7-18/h2-7,10-11,21H,1,8-9,12-17H2. The van der Waals surface area contributed by atoms with Gasteiger partial charge in [-0.1, -0.05) is 0 Å². The largest absolute Gasteiger partial charge is 0.370 e. The van der Waals surface area contributed by atoms with E-state index >= 15 is 0 Å². The van der Waals surface area contributed by atoms with Crippen LogP contribution in [0.1, 0.15) is 29.6 Å². The lowest BCUT2D eigenvalue weighted by molar-refractivity contribution is 0.0627. The summed E-state index contributed by atoms with van der Waals surface area (Å²) >= 11 is 0. The Labute approximate surface area is 165 Å². The zero-order valence-electron chi connectivity index (χ0n) is 16.1. The predicted octanol–water partition coefficient (Wildman–Crippen LogP) is 3.04. The van der Waals surface area contributed by atoms with Gasteiger partial charge in [0.15, 0.2) is 0 Å². The third kappa shape index (κ3) is 4.33. The third-order valence-electron chi connectivity index (χ3n) is 5.92. The molecule has 3 heterocycles. The average Bonchev–Trinajstić information content (AvgIpc) is 3.01. The highest BCUT2D eigenvalue weighted by atomic mass is 19.1. The molecule has 28 heavy (non-hydrogen) atoms. The van der Waals surface area contributed by atoms with E-state index < -0.39 is 0 Å². The van der Waals surface area contributed by atoms with E-state index in [9.17, 15) is 9.18 Å². The lowest BCUT2D eigenvalue weighted by atomic mass is 10.0. The molecule has 0 N–H and O–H groups in total. The molecular weight excluding hydrogens is 355 g/mol. The van der Waals surface area contributed by atoms with Crippen molar-refractivity contribution in [3.05, 3.63) is 60.2 Å². The number of halogens is 1. The molecule has 5 nitrogen and oxygen atoms in total. The van der Waals surface area contributed by atoms with Crippen molar-refractivity contribution in [2.45, 2.75) is 25.3 Å². The molecule has 2 fully saturated rings. The van der Waals surface area contributed by atoms with Gasteiger partial charge in [-0.3, -0.25) is 14.7 Å². The zero-order chi connectivity index (χ0) is 19.3. The predicted molar refractivity (Wildman–Crippen MR) is 108 cm³/mol. The molecule has 2 saturated heterocycles. The van der Waals surface area contributed by atoms with Crippen LogP contribution < -0.4 is 4.90 Å². The third-order valence-corrected chi connectivity index (χ3v) is 5.92. The van der Waals surface area contributed by atoms with Crippen LogP contribution in [0.15, 0.2) is 48.8 Å². The molecule has 148 valence electrons. The molecule has 0 aliphatic carbocycles. The molecule has 1 aromatic heterocycles. The lowest BCUT2D eigenvalue weighted by Gasteiger charge is -2.38. The van der Waals surface area contributed by atoms with Crippen molar-refractivity contribution in [3.63, 3.8) is 0 Å². The number of hydrogen-bond acceptors (Lipinski definition) is 4. The Morgan fingerprint density at radius 1 is 0.893 bits per heavy atom. The second-order valence-electron chi connectivity index (χ2n) is 7.61. The quantitative estimate of drug-likeness (QED) is 0.818. The van der Waals surface area contributed by atoms with Gasteiger partial charge in [-0.15, -0.1) is 0 Å². The van der Waals surface area contributed by atoms with E-state index in [0.29, 0.717) is 6.04 Å². The van der Waals surface area contributed by atoms with Crippen molar-refractivity contribution in [3.8, 4) is 0 Å². The van der Waals surface area contributed by atoms with Crippen molar-refractivity contribution in [1.82, 2.24) is 14.8 Å². The van der Waals surface area contributed by atoms with Crippen LogP contribution in [-0.2, 0) is 0 Å². The number of anilines is 1. The first-order chi connectivity index (χ1) is 13.7. The van der Waals surface area contributed by atoms with E-state index in [0.717, 1.165) is 69.8 Å². The van der Waals surface area contributed by atoms with E-state index in [-0.39, 0.29) is 11.7 Å². The summed E-state index contributed by atoms with van der Waals surface area (Å²) in [6, 6.07) is 10.9. The van der Waals surface area contributed by atoms with E-state index in [4.69, 9.17) is 0 Å². The van der Waals surface area contributed by atoms with Crippen molar-refractivity contribution in [2.24, 2.45) is 0 Å². The lowest BCUT2D eigenvalue weighted by Crippen LogP contribution is -2.47. The zero-order valence-corrected chi connectivity index (χ0v) is 16.1. The number of likely N-dealkylation sites (tertiary alicyclic amines) is 1. The summed E-state index contributed by atoms with van der Waals surface area (Å²) in [7, 11) is 0.